The molecule has 4 aliphatic rings. The van der Waals surface area contributed by atoms with E-state index in [9.17, 15) is 13.9 Å². The van der Waals surface area contributed by atoms with E-state index in [0.29, 0.717) is 54.8 Å². The summed E-state index contributed by atoms with van der Waals surface area (Å²) in [4.78, 5) is 17.5. The lowest BCUT2D eigenvalue weighted by atomic mass is 9.79. The zero-order valence-corrected chi connectivity index (χ0v) is 24.8. The molecule has 0 radical (unpaired) electrons. The van der Waals surface area contributed by atoms with Gasteiger partial charge in [-0.05, 0) is 38.5 Å². The SMILES string of the molecule is C#Cc1c(F)cc(F)c2c1C(N1C[C@H]3CC[C@@H](C1)N3)=CC(O)(c1cc3nc(OC[C@@]4(C)CN(C)CC[C@@H]4F)ncc3cn1)C2. The van der Waals surface area contributed by atoms with Crippen molar-refractivity contribution in [2.45, 2.75) is 56.5 Å². The Balaban J connectivity index is 1.25. The van der Waals surface area contributed by atoms with Crippen LogP contribution in [0.5, 0.6) is 6.01 Å². The Morgan fingerprint density at radius 2 is 1.89 bits per heavy atom. The molecule has 1 unspecified atom stereocenters. The fourth-order valence-electron chi connectivity index (χ4n) is 7.34. The van der Waals surface area contributed by atoms with Crippen LogP contribution in [0.15, 0.2) is 30.6 Å². The van der Waals surface area contributed by atoms with Gasteiger partial charge in [-0.15, -0.1) is 6.42 Å². The van der Waals surface area contributed by atoms with Gasteiger partial charge in [0.15, 0.2) is 0 Å². The number of rotatable bonds is 5. The molecule has 5 heterocycles. The lowest BCUT2D eigenvalue weighted by Crippen LogP contribution is -2.51. The highest BCUT2D eigenvalue weighted by Gasteiger charge is 2.43. The van der Waals surface area contributed by atoms with Crippen molar-refractivity contribution in [2.75, 3.05) is 39.8 Å². The van der Waals surface area contributed by atoms with Gasteiger partial charge in [0.25, 0.3) is 0 Å². The van der Waals surface area contributed by atoms with E-state index in [1.54, 1.807) is 24.5 Å². The second-order valence-electron chi connectivity index (χ2n) is 13.1. The van der Waals surface area contributed by atoms with E-state index in [1.807, 2.05) is 14.0 Å². The third kappa shape index (κ3) is 4.99. The Morgan fingerprint density at radius 3 is 2.64 bits per heavy atom. The minimum absolute atomic E-state index is 0.0186. The third-order valence-electron chi connectivity index (χ3n) is 9.68. The van der Waals surface area contributed by atoms with E-state index in [4.69, 9.17) is 11.2 Å². The van der Waals surface area contributed by atoms with E-state index in [-0.39, 0.29) is 47.9 Å². The first-order valence-corrected chi connectivity index (χ1v) is 15.1. The molecule has 0 spiro atoms. The van der Waals surface area contributed by atoms with Crippen LogP contribution in [-0.4, -0.2) is 87.9 Å². The van der Waals surface area contributed by atoms with Crippen LogP contribution < -0.4 is 10.1 Å². The van der Waals surface area contributed by atoms with Gasteiger partial charge in [-0.1, -0.05) is 12.8 Å². The van der Waals surface area contributed by atoms with Gasteiger partial charge < -0.3 is 25.0 Å². The first-order chi connectivity index (χ1) is 21.0. The molecule has 5 atom stereocenters. The number of benzene rings is 1. The second kappa shape index (κ2) is 10.7. The number of terminal acetylenes is 1. The van der Waals surface area contributed by atoms with E-state index < -0.39 is 28.8 Å². The Bertz CT molecular complexity index is 1700. The summed E-state index contributed by atoms with van der Waals surface area (Å²) < 4.78 is 51.2. The van der Waals surface area contributed by atoms with Crippen molar-refractivity contribution in [1.29, 1.82) is 0 Å². The highest BCUT2D eigenvalue weighted by molar-refractivity contribution is 5.79. The minimum Gasteiger partial charge on any atom is -0.463 e. The number of aliphatic hydroxyl groups is 1. The highest BCUT2D eigenvalue weighted by atomic mass is 19.1. The van der Waals surface area contributed by atoms with Gasteiger partial charge >= 0.3 is 6.01 Å². The molecule has 1 aliphatic carbocycles. The lowest BCUT2D eigenvalue weighted by Gasteiger charge is -2.41. The molecule has 44 heavy (non-hydrogen) atoms. The topological polar surface area (TPSA) is 86.6 Å². The summed E-state index contributed by atoms with van der Waals surface area (Å²) in [7, 11) is 1.96. The molecule has 2 N–H and O–H groups in total. The van der Waals surface area contributed by atoms with Gasteiger partial charge in [-0.25, -0.2) is 18.2 Å². The van der Waals surface area contributed by atoms with Crippen molar-refractivity contribution < 1.29 is 23.0 Å². The number of likely N-dealkylation sites (tertiary alicyclic amines) is 2. The molecule has 3 saturated heterocycles. The maximum absolute atomic E-state index is 15.5. The average molecular weight is 605 g/mol. The Morgan fingerprint density at radius 1 is 1.14 bits per heavy atom. The van der Waals surface area contributed by atoms with Crippen molar-refractivity contribution in [3.63, 3.8) is 0 Å². The highest BCUT2D eigenvalue weighted by Crippen LogP contribution is 2.43. The van der Waals surface area contributed by atoms with Crippen LogP contribution in [0.4, 0.5) is 13.2 Å². The van der Waals surface area contributed by atoms with Crippen LogP contribution >= 0.6 is 0 Å². The van der Waals surface area contributed by atoms with Crippen molar-refractivity contribution in [3.8, 4) is 18.4 Å². The number of ether oxygens (including phenoxy) is 1. The van der Waals surface area contributed by atoms with E-state index >= 15 is 4.39 Å². The number of hydrogen-bond acceptors (Lipinski definition) is 8. The van der Waals surface area contributed by atoms with Gasteiger partial charge in [0.05, 0.1) is 16.8 Å². The molecule has 1 aromatic carbocycles. The normalized spacial score (nSPS) is 30.2. The Hall–Kier alpha value is -3.72. The number of nitrogens with one attached hydrogen (secondary N) is 1. The van der Waals surface area contributed by atoms with Crippen LogP contribution in [0.3, 0.4) is 0 Å². The zero-order chi connectivity index (χ0) is 30.8. The Kier molecular flexibility index (Phi) is 7.07. The Labute approximate surface area is 254 Å². The number of fused-ring (bicyclic) bond motifs is 4. The predicted octanol–water partition coefficient (Wildman–Crippen LogP) is 3.56. The third-order valence-corrected chi connectivity index (χ3v) is 9.68. The number of pyridine rings is 1. The number of hydrogen-bond donors (Lipinski definition) is 2. The largest absolute Gasteiger partial charge is 0.463 e. The minimum atomic E-state index is -1.74. The van der Waals surface area contributed by atoms with Gasteiger partial charge in [0.1, 0.15) is 30.0 Å². The smallest absolute Gasteiger partial charge is 0.316 e. The van der Waals surface area contributed by atoms with E-state index in [1.165, 1.54) is 0 Å². The van der Waals surface area contributed by atoms with Crippen molar-refractivity contribution in [2.24, 2.45) is 5.41 Å². The molecule has 8 nitrogen and oxygen atoms in total. The van der Waals surface area contributed by atoms with Crippen molar-refractivity contribution in [1.82, 2.24) is 30.1 Å². The summed E-state index contributed by atoms with van der Waals surface area (Å²) in [5.74, 6) is 0.840. The van der Waals surface area contributed by atoms with Gasteiger partial charge in [0.2, 0.25) is 0 Å². The summed E-state index contributed by atoms with van der Waals surface area (Å²) in [6, 6.07) is 2.97. The van der Waals surface area contributed by atoms with Gasteiger partial charge in [-0.2, -0.15) is 4.98 Å². The molecule has 7 rings (SSSR count). The molecule has 3 fully saturated rings. The molecule has 2 aromatic heterocycles. The molecule has 3 aliphatic heterocycles. The summed E-state index contributed by atoms with van der Waals surface area (Å²) in [6.45, 7) is 4.45. The number of halogens is 3. The maximum atomic E-state index is 15.5. The maximum Gasteiger partial charge on any atom is 0.316 e. The molecule has 11 heteroatoms. The fraction of sp³-hybridized carbons (Fsp3) is 0.485. The lowest BCUT2D eigenvalue weighted by molar-refractivity contribution is -0.00846. The first-order valence-electron chi connectivity index (χ1n) is 15.1. The molecule has 230 valence electrons. The zero-order valence-electron chi connectivity index (χ0n) is 24.8. The standard InChI is InChI=1S/C33H35F3N6O2/c1-4-22-24(34)9-25(35)23-11-33(43,12-27(30(22)23)42-15-20-5-6-21(16-42)39-20)29-10-26-19(13-37-29)14-38-31(40-26)44-18-32(2)17-41(3)8-7-28(32)36/h1,9-10,12-14,20-21,28,39,43H,5-8,11,15-18H2,2-3H3/t20-,21+,28-,32+,33?/m0/s1. The fourth-order valence-corrected chi connectivity index (χ4v) is 7.34. The van der Waals surface area contributed by atoms with Crippen LogP contribution in [0.1, 0.15) is 48.6 Å². The van der Waals surface area contributed by atoms with Crippen molar-refractivity contribution in [3.05, 3.63) is 64.6 Å². The number of nitrogens with zero attached hydrogens (tertiary/aromatic N) is 5. The van der Waals surface area contributed by atoms with E-state index in [2.05, 4.69) is 36.0 Å². The first kappa shape index (κ1) is 29.0. The summed E-state index contributed by atoms with van der Waals surface area (Å²) >= 11 is 0. The van der Waals surface area contributed by atoms with Crippen molar-refractivity contribution >= 4 is 16.6 Å². The summed E-state index contributed by atoms with van der Waals surface area (Å²) in [5.41, 5.74) is -0.808. The number of alkyl halides is 1. The summed E-state index contributed by atoms with van der Waals surface area (Å²) in [5, 5.41) is 16.4. The average Bonchev–Trinajstić information content (AvgIpc) is 3.35. The predicted molar refractivity (Wildman–Crippen MR) is 159 cm³/mol. The van der Waals surface area contributed by atoms with Crippen LogP contribution in [0.2, 0.25) is 0 Å². The van der Waals surface area contributed by atoms with Gasteiger partial charge in [-0.3, -0.25) is 4.98 Å². The number of aromatic nitrogens is 3. The van der Waals surface area contributed by atoms with Crippen LogP contribution in [-0.2, 0) is 12.0 Å². The number of piperidine rings is 1. The molecular formula is C33H35F3N6O2. The molecule has 0 saturated carbocycles. The van der Waals surface area contributed by atoms with Crippen LogP contribution in [0.25, 0.3) is 16.6 Å². The van der Waals surface area contributed by atoms with E-state index in [0.717, 1.165) is 18.9 Å². The molecule has 3 aromatic rings. The monoisotopic (exact) mass is 604 g/mol. The number of piperazine rings is 1. The van der Waals surface area contributed by atoms with Crippen LogP contribution in [0, 0.1) is 29.4 Å². The second-order valence-corrected chi connectivity index (χ2v) is 13.1. The molecular weight excluding hydrogens is 569 g/mol. The molecule has 2 bridgehead atoms. The summed E-state index contributed by atoms with van der Waals surface area (Å²) in [6.07, 6.45) is 11.7. The van der Waals surface area contributed by atoms with Gasteiger partial charge in [0, 0.05) is 90.8 Å². The quantitative estimate of drug-likeness (QED) is 0.428. The molecule has 0 amide bonds.